The molecule has 0 spiro atoms. The quantitative estimate of drug-likeness (QED) is 0.643. The van der Waals surface area contributed by atoms with Crippen LogP contribution in [0.2, 0.25) is 0 Å². The Hall–Kier alpha value is -2.26. The van der Waals surface area contributed by atoms with E-state index in [1.807, 2.05) is 39.8 Å². The number of sulfonamides is 2. The summed E-state index contributed by atoms with van der Waals surface area (Å²) in [7, 11) is -7.34. The van der Waals surface area contributed by atoms with E-state index >= 15 is 0 Å². The number of nitrogens with zero attached hydrogens (tertiary/aromatic N) is 2. The van der Waals surface area contributed by atoms with Gasteiger partial charge in [-0.2, -0.15) is 8.61 Å². The summed E-state index contributed by atoms with van der Waals surface area (Å²) in [5.41, 5.74) is 3.75. The third-order valence-electron chi connectivity index (χ3n) is 6.30. The second-order valence-corrected chi connectivity index (χ2v) is 13.0. The molecular weight excluding hydrogens is 456 g/mol. The molecule has 0 saturated heterocycles. The molecule has 0 amide bonds. The molecule has 4 rings (SSSR count). The largest absolute Gasteiger partial charge is 0.243 e. The maximum absolute atomic E-state index is 13.5. The third kappa shape index (κ3) is 4.57. The van der Waals surface area contributed by atoms with Gasteiger partial charge >= 0.3 is 0 Å². The molecule has 0 radical (unpaired) electrons. The highest BCUT2D eigenvalue weighted by Gasteiger charge is 2.39. The van der Waals surface area contributed by atoms with Crippen LogP contribution in [0.1, 0.15) is 25.0 Å². The molecular formula is C25H30N2O4S2. The van der Waals surface area contributed by atoms with E-state index in [2.05, 4.69) is 0 Å². The van der Waals surface area contributed by atoms with Crippen molar-refractivity contribution in [3.63, 3.8) is 0 Å². The lowest BCUT2D eigenvalue weighted by molar-refractivity contribution is 0.304. The van der Waals surface area contributed by atoms with Crippen LogP contribution in [-0.2, 0) is 20.0 Å². The Morgan fingerprint density at radius 1 is 0.758 bits per heavy atom. The minimum absolute atomic E-state index is 0.0309. The molecule has 0 fully saturated rings. The lowest BCUT2D eigenvalue weighted by Gasteiger charge is -2.39. The predicted molar refractivity (Wildman–Crippen MR) is 130 cm³/mol. The zero-order chi connectivity index (χ0) is 24.0. The fourth-order valence-electron chi connectivity index (χ4n) is 4.25. The molecule has 0 unspecified atom stereocenters. The summed E-state index contributed by atoms with van der Waals surface area (Å²) < 4.78 is 56.3. The lowest BCUT2D eigenvalue weighted by atomic mass is 9.91. The maximum atomic E-state index is 13.5. The molecule has 2 aliphatic heterocycles. The van der Waals surface area contributed by atoms with Crippen LogP contribution in [0.5, 0.6) is 0 Å². The number of rotatable bonds is 5. The van der Waals surface area contributed by atoms with E-state index in [4.69, 9.17) is 0 Å². The molecule has 2 aromatic rings. The van der Waals surface area contributed by atoms with Gasteiger partial charge < -0.3 is 0 Å². The van der Waals surface area contributed by atoms with Gasteiger partial charge in [0.2, 0.25) is 20.0 Å². The third-order valence-corrected chi connectivity index (χ3v) is 9.98. The van der Waals surface area contributed by atoms with Gasteiger partial charge in [0.1, 0.15) is 0 Å². The zero-order valence-corrected chi connectivity index (χ0v) is 21.0. The van der Waals surface area contributed by atoms with Gasteiger partial charge in [-0.15, -0.1) is 0 Å². The highest BCUT2D eigenvalue weighted by Crippen LogP contribution is 2.34. The van der Waals surface area contributed by atoms with E-state index < -0.39 is 20.0 Å². The van der Waals surface area contributed by atoms with Crippen molar-refractivity contribution < 1.29 is 16.8 Å². The van der Waals surface area contributed by atoms with Crippen molar-refractivity contribution in [1.82, 2.24) is 8.61 Å². The first-order chi connectivity index (χ1) is 15.5. The van der Waals surface area contributed by atoms with E-state index in [1.165, 1.54) is 4.31 Å². The fraction of sp³-hybridized carbons (Fsp3) is 0.360. The normalized spacial score (nSPS) is 20.3. The molecule has 2 aliphatic rings. The molecule has 2 aromatic carbocycles. The molecule has 0 saturated carbocycles. The van der Waals surface area contributed by atoms with E-state index in [-0.39, 0.29) is 41.4 Å². The maximum Gasteiger partial charge on any atom is 0.243 e. The average Bonchev–Trinajstić information content (AvgIpc) is 2.78. The Kier molecular flexibility index (Phi) is 6.39. The van der Waals surface area contributed by atoms with Crippen LogP contribution in [0, 0.1) is 19.8 Å². The summed E-state index contributed by atoms with van der Waals surface area (Å²) in [4.78, 5) is 0.543. The van der Waals surface area contributed by atoms with Crippen LogP contribution in [0.25, 0.3) is 0 Å². The number of aryl methyl sites for hydroxylation is 2. The standard InChI is InChI=1S/C25H30N2O4S2/c1-18(2)25-15-22-16-26(32(28,29)23-9-5-19(3)6-10-23)14-13-21(22)17-27(25)33(30,31)24-11-7-20(4)8-12-24/h5-13,15,18,25H,14,16-17H2,1-4H3/t25-/m1/s1. The molecule has 0 N–H and O–H groups in total. The highest BCUT2D eigenvalue weighted by atomic mass is 32.2. The Balaban J connectivity index is 1.66. The minimum Gasteiger partial charge on any atom is -0.207 e. The highest BCUT2D eigenvalue weighted by molar-refractivity contribution is 7.89. The van der Waals surface area contributed by atoms with Crippen molar-refractivity contribution in [3.8, 4) is 0 Å². The summed E-state index contributed by atoms with van der Waals surface area (Å²) in [6, 6.07) is 13.4. The van der Waals surface area contributed by atoms with Crippen LogP contribution in [-0.4, -0.2) is 51.1 Å². The number of fused-ring (bicyclic) bond motifs is 1. The molecule has 33 heavy (non-hydrogen) atoms. The van der Waals surface area contributed by atoms with E-state index in [1.54, 1.807) is 52.8 Å². The molecule has 176 valence electrons. The lowest BCUT2D eigenvalue weighted by Crippen LogP contribution is -2.48. The first-order valence-electron chi connectivity index (χ1n) is 11.1. The van der Waals surface area contributed by atoms with E-state index in [0.29, 0.717) is 0 Å². The molecule has 1 atom stereocenters. The monoisotopic (exact) mass is 486 g/mol. The summed E-state index contributed by atoms with van der Waals surface area (Å²) in [6.07, 6.45) is 3.78. The van der Waals surface area contributed by atoms with Gasteiger partial charge in [0.15, 0.2) is 0 Å². The Bertz CT molecular complexity index is 1310. The topological polar surface area (TPSA) is 74.8 Å². The van der Waals surface area contributed by atoms with Gasteiger partial charge in [0.25, 0.3) is 0 Å². The van der Waals surface area contributed by atoms with E-state index in [9.17, 15) is 16.8 Å². The van der Waals surface area contributed by atoms with Gasteiger partial charge in [-0.25, -0.2) is 16.8 Å². The van der Waals surface area contributed by atoms with Gasteiger partial charge in [-0.3, -0.25) is 0 Å². The summed E-state index contributed by atoms with van der Waals surface area (Å²) in [5.74, 6) is 0.0309. The predicted octanol–water partition coefficient (Wildman–Crippen LogP) is 3.89. The van der Waals surface area contributed by atoms with Crippen molar-refractivity contribution in [2.24, 2.45) is 5.92 Å². The first-order valence-corrected chi connectivity index (χ1v) is 13.9. The van der Waals surface area contributed by atoms with Crippen LogP contribution in [0.15, 0.2) is 81.6 Å². The summed E-state index contributed by atoms with van der Waals surface area (Å²) in [6.45, 7) is 8.50. The molecule has 0 aromatic heterocycles. The molecule has 2 heterocycles. The first kappa shape index (κ1) is 23.9. The molecule has 0 bridgehead atoms. The molecule has 8 heteroatoms. The van der Waals surface area contributed by atoms with Crippen molar-refractivity contribution in [2.45, 2.75) is 43.5 Å². The van der Waals surface area contributed by atoms with Crippen LogP contribution in [0.3, 0.4) is 0 Å². The average molecular weight is 487 g/mol. The zero-order valence-electron chi connectivity index (χ0n) is 19.4. The SMILES string of the molecule is Cc1ccc(S(=O)(=O)N2CC=C3CN(S(=O)(=O)c4ccc(C)cc4)[C@@H](C(C)C)C=C3C2)cc1. The summed E-state index contributed by atoms with van der Waals surface area (Å²) >= 11 is 0. The van der Waals surface area contributed by atoms with Gasteiger partial charge in [0, 0.05) is 25.7 Å². The summed E-state index contributed by atoms with van der Waals surface area (Å²) in [5, 5.41) is 0. The van der Waals surface area contributed by atoms with E-state index in [0.717, 1.165) is 22.3 Å². The second kappa shape index (κ2) is 8.83. The van der Waals surface area contributed by atoms with Gasteiger partial charge in [0.05, 0.1) is 9.79 Å². The Morgan fingerprint density at radius 2 is 1.27 bits per heavy atom. The number of benzene rings is 2. The number of hydrogen-bond donors (Lipinski definition) is 0. The van der Waals surface area contributed by atoms with Gasteiger partial charge in [-0.1, -0.05) is 61.4 Å². The number of hydrogen-bond acceptors (Lipinski definition) is 4. The minimum atomic E-state index is -3.70. The fourth-order valence-corrected chi connectivity index (χ4v) is 7.29. The smallest absolute Gasteiger partial charge is 0.207 e. The van der Waals surface area contributed by atoms with Crippen LogP contribution in [0.4, 0.5) is 0 Å². The van der Waals surface area contributed by atoms with Crippen LogP contribution >= 0.6 is 0 Å². The van der Waals surface area contributed by atoms with Crippen molar-refractivity contribution in [2.75, 3.05) is 19.6 Å². The van der Waals surface area contributed by atoms with Gasteiger partial charge in [-0.05, 0) is 55.2 Å². The Labute approximate surface area is 197 Å². The van der Waals surface area contributed by atoms with Crippen molar-refractivity contribution >= 4 is 20.0 Å². The molecule has 0 aliphatic carbocycles. The van der Waals surface area contributed by atoms with Crippen LogP contribution < -0.4 is 0 Å². The Morgan fingerprint density at radius 3 is 1.79 bits per heavy atom. The second-order valence-electron chi connectivity index (χ2n) is 9.13. The van der Waals surface area contributed by atoms with Crippen molar-refractivity contribution in [1.29, 1.82) is 0 Å². The molecule has 6 nitrogen and oxygen atoms in total. The van der Waals surface area contributed by atoms with Crippen molar-refractivity contribution in [3.05, 3.63) is 83.0 Å².